The summed E-state index contributed by atoms with van der Waals surface area (Å²) in [6.07, 6.45) is 0.922. The van der Waals surface area contributed by atoms with Gasteiger partial charge in [-0.15, -0.1) is 0 Å². The van der Waals surface area contributed by atoms with Crippen molar-refractivity contribution < 1.29 is 9.22 Å². The smallest absolute Gasteiger partial charge is 0.260 e. The van der Waals surface area contributed by atoms with Crippen LogP contribution in [0.3, 0.4) is 0 Å². The minimum Gasteiger partial charge on any atom is -0.413 e. The second kappa shape index (κ2) is 15.8. The molecule has 4 rings (SSSR count). The first-order chi connectivity index (χ1) is 23.6. The third kappa shape index (κ3) is 11.3. The molecule has 4 N–H and O–H groups in total. The summed E-state index contributed by atoms with van der Waals surface area (Å²) in [5.74, 6) is 0.502. The second-order valence-corrected chi connectivity index (χ2v) is 22.7. The zero-order chi connectivity index (χ0) is 37.8. The van der Waals surface area contributed by atoms with Crippen molar-refractivity contribution in [2.24, 2.45) is 5.41 Å². The number of nitrogens with two attached hydrogens (primary N) is 1. The van der Waals surface area contributed by atoms with Crippen LogP contribution in [0.25, 0.3) is 0 Å². The van der Waals surface area contributed by atoms with Crippen molar-refractivity contribution in [3.63, 3.8) is 0 Å². The highest BCUT2D eigenvalue weighted by Crippen LogP contribution is 2.37. The van der Waals surface area contributed by atoms with E-state index in [0.717, 1.165) is 27.7 Å². The molecule has 0 fully saturated rings. The van der Waals surface area contributed by atoms with Gasteiger partial charge in [0.2, 0.25) is 17.8 Å². The second-order valence-electron chi connectivity index (χ2n) is 17.0. The van der Waals surface area contributed by atoms with Crippen molar-refractivity contribution in [2.75, 3.05) is 27.8 Å². The Labute approximate surface area is 314 Å². The maximum atomic E-state index is 14.8. The standard InChI is InChI=1S/C40H56BrN7O2Si/c1-38(2,3)21-22-43-36-45-35(42)46-37(47-36)44-33-20-19-30(41)24-32(33)34(49)48(25-27-15-17-29(18-16-27)39(4,5)6)31-14-12-13-28(23-31)26-50-51(10,11)40(7,8)9/h12-20,23-24H,21-22,25-26H2,1-11H3,(H4,42,43,44,45,46,47). The van der Waals surface area contributed by atoms with E-state index >= 15 is 0 Å². The van der Waals surface area contributed by atoms with Crippen molar-refractivity contribution >= 4 is 59.4 Å². The highest BCUT2D eigenvalue weighted by Gasteiger charge is 2.37. The normalized spacial score (nSPS) is 12.5. The molecular formula is C40H56BrN7O2Si. The maximum Gasteiger partial charge on any atom is 0.260 e. The Morgan fingerprint density at radius 3 is 2.16 bits per heavy atom. The lowest BCUT2D eigenvalue weighted by atomic mass is 9.87. The fourth-order valence-corrected chi connectivity index (χ4v) is 6.33. The minimum absolute atomic E-state index is 0.0177. The Morgan fingerprint density at radius 2 is 1.53 bits per heavy atom. The number of nitrogens with zero attached hydrogens (tertiary/aromatic N) is 4. The molecule has 274 valence electrons. The SMILES string of the molecule is CC(C)(C)CCNc1nc(N)nc(Nc2ccc(Br)cc2C(=O)N(Cc2ccc(C(C)(C)C)cc2)c2cccc(CO[Si](C)(C)C(C)(C)C)c2)n1. The number of hydrogen-bond donors (Lipinski definition) is 3. The fraction of sp³-hybridized carbons (Fsp3) is 0.450. The molecule has 4 aromatic rings. The summed E-state index contributed by atoms with van der Waals surface area (Å²) in [4.78, 5) is 29.8. The van der Waals surface area contributed by atoms with Gasteiger partial charge in [0, 0.05) is 16.7 Å². The van der Waals surface area contributed by atoms with Gasteiger partial charge in [-0.25, -0.2) is 0 Å². The number of amides is 1. The summed E-state index contributed by atoms with van der Waals surface area (Å²) in [6.45, 7) is 25.9. The number of nitrogen functional groups attached to an aromatic ring is 1. The largest absolute Gasteiger partial charge is 0.413 e. The lowest BCUT2D eigenvalue weighted by Gasteiger charge is -2.36. The van der Waals surface area contributed by atoms with Crippen LogP contribution in [0, 0.1) is 5.41 Å². The van der Waals surface area contributed by atoms with E-state index in [-0.39, 0.29) is 33.7 Å². The van der Waals surface area contributed by atoms with Crippen LogP contribution in [0.5, 0.6) is 0 Å². The number of anilines is 5. The van der Waals surface area contributed by atoms with E-state index in [1.807, 2.05) is 35.2 Å². The van der Waals surface area contributed by atoms with Crippen LogP contribution in [0.4, 0.5) is 29.2 Å². The Morgan fingerprint density at radius 1 is 0.863 bits per heavy atom. The number of benzene rings is 3. The van der Waals surface area contributed by atoms with E-state index in [2.05, 4.69) is 153 Å². The van der Waals surface area contributed by atoms with Gasteiger partial charge in [-0.05, 0) is 82.4 Å². The van der Waals surface area contributed by atoms with Crippen LogP contribution >= 0.6 is 15.9 Å². The van der Waals surface area contributed by atoms with Crippen LogP contribution in [0.2, 0.25) is 18.1 Å². The maximum absolute atomic E-state index is 14.8. The molecule has 0 atom stereocenters. The number of aromatic nitrogens is 3. The van der Waals surface area contributed by atoms with Gasteiger partial charge in [-0.2, -0.15) is 15.0 Å². The van der Waals surface area contributed by atoms with Gasteiger partial charge in [0.1, 0.15) is 0 Å². The van der Waals surface area contributed by atoms with Gasteiger partial charge in [0.15, 0.2) is 8.32 Å². The highest BCUT2D eigenvalue weighted by atomic mass is 79.9. The molecule has 0 aliphatic rings. The Balaban J connectivity index is 1.71. The summed E-state index contributed by atoms with van der Waals surface area (Å²) in [5, 5.41) is 6.60. The van der Waals surface area contributed by atoms with Crippen LogP contribution < -0.4 is 21.3 Å². The molecule has 0 radical (unpaired) electrons. The van der Waals surface area contributed by atoms with E-state index in [4.69, 9.17) is 10.2 Å². The lowest BCUT2D eigenvalue weighted by Crippen LogP contribution is -2.40. The van der Waals surface area contributed by atoms with E-state index in [1.165, 1.54) is 5.56 Å². The summed E-state index contributed by atoms with van der Waals surface area (Å²) >= 11 is 3.60. The molecule has 0 saturated heterocycles. The highest BCUT2D eigenvalue weighted by molar-refractivity contribution is 9.10. The predicted molar refractivity (Wildman–Crippen MR) is 218 cm³/mol. The summed E-state index contributed by atoms with van der Waals surface area (Å²) < 4.78 is 7.34. The average Bonchev–Trinajstić information content (AvgIpc) is 3.02. The monoisotopic (exact) mass is 773 g/mol. The first kappa shape index (κ1) is 40.0. The molecule has 0 unspecified atom stereocenters. The van der Waals surface area contributed by atoms with Gasteiger partial charge >= 0.3 is 0 Å². The topological polar surface area (TPSA) is 118 Å². The number of halogens is 1. The third-order valence-electron chi connectivity index (χ3n) is 9.30. The summed E-state index contributed by atoms with van der Waals surface area (Å²) in [7, 11) is -1.99. The van der Waals surface area contributed by atoms with Crippen molar-refractivity contribution in [2.45, 2.75) is 105 Å². The number of carbonyl (C=O) groups excluding carboxylic acids is 1. The first-order valence-electron chi connectivity index (χ1n) is 17.6. The minimum atomic E-state index is -1.99. The molecule has 1 heterocycles. The van der Waals surface area contributed by atoms with E-state index in [1.54, 1.807) is 0 Å². The Bertz CT molecular complexity index is 1810. The molecule has 0 bridgehead atoms. The number of nitrogens with one attached hydrogen (secondary N) is 2. The van der Waals surface area contributed by atoms with Gasteiger partial charge in [0.25, 0.3) is 5.91 Å². The molecule has 0 saturated carbocycles. The molecular weight excluding hydrogens is 718 g/mol. The van der Waals surface area contributed by atoms with Crippen molar-refractivity contribution in [1.29, 1.82) is 0 Å². The van der Waals surface area contributed by atoms with Crippen LogP contribution in [-0.2, 0) is 23.0 Å². The number of carbonyl (C=O) groups is 1. The molecule has 0 aliphatic heterocycles. The molecule has 11 heteroatoms. The molecule has 51 heavy (non-hydrogen) atoms. The van der Waals surface area contributed by atoms with Gasteiger partial charge in [0.05, 0.1) is 24.4 Å². The molecule has 1 aromatic heterocycles. The predicted octanol–water partition coefficient (Wildman–Crippen LogP) is 10.5. The number of hydrogen-bond acceptors (Lipinski definition) is 8. The van der Waals surface area contributed by atoms with E-state index in [9.17, 15) is 4.79 Å². The van der Waals surface area contributed by atoms with Gasteiger partial charge in [-0.3, -0.25) is 4.79 Å². The third-order valence-corrected chi connectivity index (χ3v) is 14.3. The van der Waals surface area contributed by atoms with E-state index < -0.39 is 8.32 Å². The molecule has 0 spiro atoms. The lowest BCUT2D eigenvalue weighted by molar-refractivity contribution is 0.0985. The number of rotatable bonds is 12. The van der Waals surface area contributed by atoms with Crippen LogP contribution in [-0.4, -0.2) is 35.7 Å². The van der Waals surface area contributed by atoms with E-state index in [0.29, 0.717) is 36.9 Å². The van der Waals surface area contributed by atoms with Crippen LogP contribution in [0.1, 0.15) is 95.8 Å². The first-order valence-corrected chi connectivity index (χ1v) is 21.3. The average molecular weight is 775 g/mol. The quantitative estimate of drug-likeness (QED) is 0.122. The molecule has 1 amide bonds. The van der Waals surface area contributed by atoms with Gasteiger partial charge in [-0.1, -0.05) is 115 Å². The zero-order valence-corrected chi connectivity index (χ0v) is 34.8. The molecule has 0 aliphatic carbocycles. The zero-order valence-electron chi connectivity index (χ0n) is 32.2. The molecule has 3 aromatic carbocycles. The summed E-state index contributed by atoms with van der Waals surface area (Å²) in [6, 6.07) is 22.1. The van der Waals surface area contributed by atoms with Crippen LogP contribution in [0.15, 0.2) is 71.2 Å². The summed E-state index contributed by atoms with van der Waals surface area (Å²) in [5.41, 5.74) is 11.3. The van der Waals surface area contributed by atoms with Crippen molar-refractivity contribution in [3.8, 4) is 0 Å². The molecule has 9 nitrogen and oxygen atoms in total. The fourth-order valence-electron chi connectivity index (χ4n) is 5.01. The van der Waals surface area contributed by atoms with Gasteiger partial charge < -0.3 is 25.7 Å². The Kier molecular flexibility index (Phi) is 12.4. The van der Waals surface area contributed by atoms with Crippen molar-refractivity contribution in [1.82, 2.24) is 15.0 Å². The Hall–Kier alpha value is -3.80. The van der Waals surface area contributed by atoms with Crippen molar-refractivity contribution in [3.05, 3.63) is 93.5 Å².